The van der Waals surface area contributed by atoms with Crippen molar-refractivity contribution < 1.29 is 22.7 Å². The first kappa shape index (κ1) is 22.0. The minimum Gasteiger partial charge on any atom is -0.444 e. The number of alkyl carbamates (subject to hydrolysis) is 1. The van der Waals surface area contributed by atoms with Crippen molar-refractivity contribution in [2.24, 2.45) is 7.05 Å². The number of nitriles is 1. The van der Waals surface area contributed by atoms with Crippen LogP contribution < -0.4 is 11.1 Å². The summed E-state index contributed by atoms with van der Waals surface area (Å²) in [5.74, 6) is -1.96. The predicted octanol–water partition coefficient (Wildman–Crippen LogP) is 4.04. The number of nitrogens with zero attached hydrogens (tertiary/aromatic N) is 2. The van der Waals surface area contributed by atoms with Gasteiger partial charge in [0.1, 0.15) is 23.3 Å². The van der Waals surface area contributed by atoms with Crippen LogP contribution in [0.5, 0.6) is 0 Å². The second-order valence-corrected chi connectivity index (χ2v) is 8.06. The van der Waals surface area contributed by atoms with Gasteiger partial charge in [0.05, 0.1) is 11.6 Å². The molecule has 0 bridgehead atoms. The van der Waals surface area contributed by atoms with Crippen molar-refractivity contribution in [1.29, 1.82) is 5.26 Å². The molecule has 1 heterocycles. The van der Waals surface area contributed by atoms with E-state index in [-0.39, 0.29) is 28.7 Å². The lowest BCUT2D eigenvalue weighted by Crippen LogP contribution is -2.39. The lowest BCUT2D eigenvalue weighted by atomic mass is 9.99. The Balaban J connectivity index is 1.85. The molecule has 3 aromatic rings. The zero-order chi connectivity index (χ0) is 22.9. The second-order valence-electron chi connectivity index (χ2n) is 8.06. The van der Waals surface area contributed by atoms with Crippen molar-refractivity contribution in [2.75, 3.05) is 0 Å². The van der Waals surface area contributed by atoms with Gasteiger partial charge in [0.25, 0.3) is 0 Å². The zero-order valence-corrected chi connectivity index (χ0v) is 17.5. The minimum atomic E-state index is -1.01. The maximum atomic E-state index is 14.7. The van der Waals surface area contributed by atoms with Gasteiger partial charge in [0.15, 0.2) is 5.58 Å². The number of aromatic nitrogens is 1. The average Bonchev–Trinajstić information content (AvgIpc) is 2.93. The van der Waals surface area contributed by atoms with E-state index in [0.717, 1.165) is 12.1 Å². The highest BCUT2D eigenvalue weighted by Crippen LogP contribution is 2.29. The molecule has 7 nitrogen and oxygen atoms in total. The van der Waals surface area contributed by atoms with Crippen molar-refractivity contribution in [2.45, 2.75) is 38.8 Å². The fourth-order valence-corrected chi connectivity index (χ4v) is 3.05. The zero-order valence-electron chi connectivity index (χ0n) is 17.5. The van der Waals surface area contributed by atoms with Crippen LogP contribution in [0.25, 0.3) is 22.2 Å². The number of halogens is 2. The summed E-state index contributed by atoms with van der Waals surface area (Å²) in [6.07, 6.45) is -0.878. The number of ether oxygens (including phenoxy) is 1. The highest BCUT2D eigenvalue weighted by molar-refractivity contribution is 5.81. The summed E-state index contributed by atoms with van der Waals surface area (Å²) in [5.41, 5.74) is 0.248. The molecule has 0 saturated carbocycles. The van der Waals surface area contributed by atoms with Gasteiger partial charge in [-0.15, -0.1) is 0 Å². The molecule has 31 heavy (non-hydrogen) atoms. The maximum Gasteiger partial charge on any atom is 0.419 e. The summed E-state index contributed by atoms with van der Waals surface area (Å²) in [6, 6.07) is 7.44. The van der Waals surface area contributed by atoms with Crippen LogP contribution in [-0.2, 0) is 18.2 Å². The Morgan fingerprint density at radius 3 is 2.58 bits per heavy atom. The second kappa shape index (κ2) is 8.22. The van der Waals surface area contributed by atoms with E-state index in [1.807, 2.05) is 6.07 Å². The number of rotatable bonds is 4. The Hall–Kier alpha value is -3.67. The summed E-state index contributed by atoms with van der Waals surface area (Å²) in [7, 11) is 1.49. The van der Waals surface area contributed by atoms with Crippen molar-refractivity contribution in [3.05, 3.63) is 58.1 Å². The van der Waals surface area contributed by atoms with Gasteiger partial charge in [-0.2, -0.15) is 5.26 Å². The van der Waals surface area contributed by atoms with Crippen molar-refractivity contribution in [1.82, 2.24) is 9.88 Å². The summed E-state index contributed by atoms with van der Waals surface area (Å²) in [5, 5.41) is 11.7. The fraction of sp³-hybridized carbons (Fsp3) is 0.318. The molecule has 0 fully saturated rings. The van der Waals surface area contributed by atoms with E-state index in [4.69, 9.17) is 9.15 Å². The molecular formula is C22H21F2N3O4. The SMILES string of the molecule is Cn1c(=O)oc2cc(F)c(-c3ccc(C[C@@H](C#N)NC(=O)OC(C)(C)C)c(F)c3)cc21. The number of nitrogens with one attached hydrogen (secondary N) is 1. The third-order valence-corrected chi connectivity index (χ3v) is 4.52. The Morgan fingerprint density at radius 1 is 1.26 bits per heavy atom. The first-order valence-electron chi connectivity index (χ1n) is 9.45. The highest BCUT2D eigenvalue weighted by atomic mass is 19.1. The molecular weight excluding hydrogens is 408 g/mol. The van der Waals surface area contributed by atoms with E-state index in [0.29, 0.717) is 5.52 Å². The van der Waals surface area contributed by atoms with Crippen molar-refractivity contribution in [3.8, 4) is 17.2 Å². The third kappa shape index (κ3) is 4.91. The lowest BCUT2D eigenvalue weighted by Gasteiger charge is -2.21. The Morgan fingerprint density at radius 2 is 1.97 bits per heavy atom. The molecule has 3 rings (SSSR count). The smallest absolute Gasteiger partial charge is 0.419 e. The van der Waals surface area contributed by atoms with Gasteiger partial charge >= 0.3 is 11.8 Å². The molecule has 1 atom stereocenters. The summed E-state index contributed by atoms with van der Waals surface area (Å²) >= 11 is 0. The molecule has 0 aliphatic carbocycles. The van der Waals surface area contributed by atoms with E-state index < -0.39 is 35.1 Å². The molecule has 0 spiro atoms. The topological polar surface area (TPSA) is 97.3 Å². The Labute approximate surface area is 176 Å². The van der Waals surface area contributed by atoms with Crippen LogP contribution in [0.15, 0.2) is 39.5 Å². The first-order chi connectivity index (χ1) is 14.5. The largest absolute Gasteiger partial charge is 0.444 e. The fourth-order valence-electron chi connectivity index (χ4n) is 3.05. The van der Waals surface area contributed by atoms with E-state index in [1.165, 1.54) is 29.8 Å². The molecule has 0 radical (unpaired) electrons. The van der Waals surface area contributed by atoms with Crippen molar-refractivity contribution >= 4 is 17.2 Å². The van der Waals surface area contributed by atoms with Crippen molar-refractivity contribution in [3.63, 3.8) is 0 Å². The summed E-state index contributed by atoms with van der Waals surface area (Å²) in [4.78, 5) is 23.5. The van der Waals surface area contributed by atoms with Crippen LogP contribution in [0.4, 0.5) is 13.6 Å². The van der Waals surface area contributed by atoms with Crippen LogP contribution in [0.1, 0.15) is 26.3 Å². The molecule has 162 valence electrons. The monoisotopic (exact) mass is 429 g/mol. The quantitative estimate of drug-likeness (QED) is 0.675. The van der Waals surface area contributed by atoms with E-state index >= 15 is 0 Å². The molecule has 0 aliphatic rings. The number of amides is 1. The van der Waals surface area contributed by atoms with Gasteiger partial charge in [-0.05, 0) is 44.0 Å². The predicted molar refractivity (Wildman–Crippen MR) is 109 cm³/mol. The lowest BCUT2D eigenvalue weighted by molar-refractivity contribution is 0.0515. The Kier molecular flexibility index (Phi) is 5.84. The standard InChI is InChI=1S/C22H21F2N3O4/c1-22(2,3)31-20(28)26-14(11-25)7-13-6-5-12(8-16(13)23)15-9-18-19(10-17(15)24)30-21(29)27(18)4/h5-6,8-10,14H,7H2,1-4H3,(H,26,28)/t14-/m0/s1. The number of benzene rings is 2. The average molecular weight is 429 g/mol. The number of carbonyl (C=O) groups excluding carboxylic acids is 1. The van der Waals surface area contributed by atoms with Crippen LogP contribution in [0.2, 0.25) is 0 Å². The summed E-state index contributed by atoms with van der Waals surface area (Å²) < 4.78 is 40.5. The van der Waals surface area contributed by atoms with E-state index in [2.05, 4.69) is 5.32 Å². The molecule has 0 unspecified atom stereocenters. The molecule has 1 N–H and O–H groups in total. The van der Waals surface area contributed by atoms with Gasteiger partial charge in [-0.3, -0.25) is 4.57 Å². The maximum absolute atomic E-state index is 14.7. The van der Waals surface area contributed by atoms with Gasteiger partial charge in [-0.25, -0.2) is 18.4 Å². The van der Waals surface area contributed by atoms with Gasteiger partial charge in [-0.1, -0.05) is 12.1 Å². The third-order valence-electron chi connectivity index (χ3n) is 4.52. The van der Waals surface area contributed by atoms with Crippen LogP contribution in [-0.4, -0.2) is 22.3 Å². The molecule has 0 aliphatic heterocycles. The van der Waals surface area contributed by atoms with E-state index in [1.54, 1.807) is 20.8 Å². The number of hydrogen-bond acceptors (Lipinski definition) is 5. The Bertz CT molecular complexity index is 1250. The van der Waals surface area contributed by atoms with Gasteiger partial charge < -0.3 is 14.5 Å². The normalized spacial score (nSPS) is 12.4. The van der Waals surface area contributed by atoms with Gasteiger partial charge in [0.2, 0.25) is 0 Å². The molecule has 0 saturated heterocycles. The van der Waals surface area contributed by atoms with Crippen LogP contribution >= 0.6 is 0 Å². The number of oxazole rings is 1. The molecule has 2 aromatic carbocycles. The molecule has 9 heteroatoms. The molecule has 1 aromatic heterocycles. The van der Waals surface area contributed by atoms with E-state index in [9.17, 15) is 23.6 Å². The van der Waals surface area contributed by atoms with Gasteiger partial charge in [0, 0.05) is 25.1 Å². The number of fused-ring (bicyclic) bond motifs is 1. The number of aryl methyl sites for hydroxylation is 1. The minimum absolute atomic E-state index is 0.0934. The van der Waals surface area contributed by atoms with Crippen LogP contribution in [0, 0.1) is 23.0 Å². The number of hydrogen-bond donors (Lipinski definition) is 1. The molecule has 1 amide bonds. The number of carbonyl (C=O) groups is 1. The first-order valence-corrected chi connectivity index (χ1v) is 9.45. The highest BCUT2D eigenvalue weighted by Gasteiger charge is 2.21. The van der Waals surface area contributed by atoms with Crippen LogP contribution in [0.3, 0.4) is 0 Å². The summed E-state index contributed by atoms with van der Waals surface area (Å²) in [6.45, 7) is 5.05.